The van der Waals surface area contributed by atoms with E-state index in [4.69, 9.17) is 4.74 Å². The van der Waals surface area contributed by atoms with E-state index in [0.717, 1.165) is 18.7 Å². The van der Waals surface area contributed by atoms with E-state index >= 15 is 0 Å². The second-order valence-corrected chi connectivity index (χ2v) is 6.93. The lowest BCUT2D eigenvalue weighted by Crippen LogP contribution is -2.40. The summed E-state index contributed by atoms with van der Waals surface area (Å²) in [4.78, 5) is 30.3. The van der Waals surface area contributed by atoms with Crippen LogP contribution in [0.4, 0.5) is 0 Å². The fraction of sp³-hybridized carbons (Fsp3) is 0.632. The minimum absolute atomic E-state index is 0.235. The molecule has 0 saturated heterocycles. The Labute approximate surface area is 158 Å². The van der Waals surface area contributed by atoms with Crippen LogP contribution in [0.15, 0.2) is 15.8 Å². The molecule has 27 heavy (non-hydrogen) atoms. The summed E-state index contributed by atoms with van der Waals surface area (Å²) in [5.74, 6) is 0.716. The first kappa shape index (κ1) is 19.4. The summed E-state index contributed by atoms with van der Waals surface area (Å²) >= 11 is 0. The van der Waals surface area contributed by atoms with E-state index in [1.165, 1.54) is 28.4 Å². The van der Waals surface area contributed by atoms with Gasteiger partial charge in [-0.25, -0.2) is 4.79 Å². The van der Waals surface area contributed by atoms with Gasteiger partial charge in [-0.1, -0.05) is 26.2 Å². The molecular weight excluding hydrogens is 346 g/mol. The van der Waals surface area contributed by atoms with E-state index in [0.29, 0.717) is 30.2 Å². The van der Waals surface area contributed by atoms with Crippen LogP contribution >= 0.6 is 0 Å². The molecule has 0 fully saturated rings. The second kappa shape index (κ2) is 8.12. The molecule has 0 aliphatic heterocycles. The number of aromatic nitrogens is 5. The van der Waals surface area contributed by atoms with Crippen molar-refractivity contribution in [3.05, 3.63) is 32.7 Å². The lowest BCUT2D eigenvalue weighted by Gasteiger charge is -2.08. The number of hydrogen-bond donors (Lipinski definition) is 0. The molecule has 0 aromatic carbocycles. The van der Waals surface area contributed by atoms with Gasteiger partial charge in [-0.15, -0.1) is 0 Å². The van der Waals surface area contributed by atoms with Crippen LogP contribution in [0.2, 0.25) is 0 Å². The molecule has 0 N–H and O–H groups in total. The first-order chi connectivity index (χ1) is 13.0. The van der Waals surface area contributed by atoms with Crippen molar-refractivity contribution >= 4 is 16.9 Å². The van der Waals surface area contributed by atoms with Crippen LogP contribution in [0.3, 0.4) is 0 Å². The maximum Gasteiger partial charge on any atom is 0.332 e. The van der Waals surface area contributed by atoms with Gasteiger partial charge in [0.25, 0.3) is 5.56 Å². The van der Waals surface area contributed by atoms with Gasteiger partial charge < -0.3 is 9.30 Å². The topological polar surface area (TPSA) is 75.5 Å². The lowest BCUT2D eigenvalue weighted by molar-refractivity contribution is 0.137. The van der Waals surface area contributed by atoms with Crippen molar-refractivity contribution < 1.29 is 4.74 Å². The molecular formula is C19H29N5O3. The van der Waals surface area contributed by atoms with Crippen LogP contribution in [-0.2, 0) is 24.9 Å². The van der Waals surface area contributed by atoms with Gasteiger partial charge in [0.2, 0.25) is 5.78 Å². The molecule has 8 heteroatoms. The third-order valence-electron chi connectivity index (χ3n) is 5.04. The highest BCUT2D eigenvalue weighted by molar-refractivity contribution is 5.75. The van der Waals surface area contributed by atoms with Gasteiger partial charge in [0.1, 0.15) is 0 Å². The summed E-state index contributed by atoms with van der Waals surface area (Å²) in [6.07, 6.45) is 6.58. The van der Waals surface area contributed by atoms with Gasteiger partial charge in [0.15, 0.2) is 11.2 Å². The Morgan fingerprint density at radius 1 is 1.07 bits per heavy atom. The zero-order valence-corrected chi connectivity index (χ0v) is 16.7. The molecule has 0 aliphatic rings. The van der Waals surface area contributed by atoms with Crippen molar-refractivity contribution in [2.75, 3.05) is 13.2 Å². The predicted octanol–water partition coefficient (Wildman–Crippen LogP) is 2.07. The number of fused-ring (bicyclic) bond motifs is 3. The Balaban J connectivity index is 2.11. The molecule has 0 spiro atoms. The second-order valence-electron chi connectivity index (χ2n) is 6.93. The van der Waals surface area contributed by atoms with Crippen molar-refractivity contribution in [3.63, 3.8) is 0 Å². The molecule has 3 rings (SSSR count). The fourth-order valence-corrected chi connectivity index (χ4v) is 3.53. The molecule has 8 nitrogen and oxygen atoms in total. The van der Waals surface area contributed by atoms with E-state index in [2.05, 4.69) is 16.5 Å². The quantitative estimate of drug-likeness (QED) is 0.537. The zero-order chi connectivity index (χ0) is 19.6. The normalized spacial score (nSPS) is 11.9. The number of ether oxygens (including phenoxy) is 1. The third kappa shape index (κ3) is 3.45. The van der Waals surface area contributed by atoms with Crippen LogP contribution in [0.25, 0.3) is 16.9 Å². The first-order valence-corrected chi connectivity index (χ1v) is 9.76. The summed E-state index contributed by atoms with van der Waals surface area (Å²) in [5, 5.41) is 0. The summed E-state index contributed by atoms with van der Waals surface area (Å²) in [7, 11) is 1.66. The molecule has 0 radical (unpaired) electrons. The molecule has 0 atom stereocenters. The van der Waals surface area contributed by atoms with Crippen LogP contribution < -0.4 is 11.2 Å². The van der Waals surface area contributed by atoms with Crippen LogP contribution in [-0.4, -0.2) is 36.3 Å². The molecule has 0 amide bonds. The molecule has 3 aromatic heterocycles. The Kier molecular flexibility index (Phi) is 5.84. The van der Waals surface area contributed by atoms with Crippen molar-refractivity contribution in [2.45, 2.75) is 59.5 Å². The monoisotopic (exact) mass is 375 g/mol. The maximum absolute atomic E-state index is 13.0. The molecule has 3 heterocycles. The number of unbranched alkanes of at least 4 members (excludes halogenated alkanes) is 3. The average molecular weight is 375 g/mol. The highest BCUT2D eigenvalue weighted by Gasteiger charge is 2.19. The average Bonchev–Trinajstić information content (AvgIpc) is 3.15. The molecule has 3 aromatic rings. The van der Waals surface area contributed by atoms with Crippen LogP contribution in [0.5, 0.6) is 0 Å². The smallest absolute Gasteiger partial charge is 0.332 e. The highest BCUT2D eigenvalue weighted by Crippen LogP contribution is 2.17. The Morgan fingerprint density at radius 2 is 1.85 bits per heavy atom. The third-order valence-corrected chi connectivity index (χ3v) is 5.04. The van der Waals surface area contributed by atoms with Gasteiger partial charge in [0, 0.05) is 32.1 Å². The molecule has 0 unspecified atom stereocenters. The Bertz CT molecular complexity index is 1050. The summed E-state index contributed by atoms with van der Waals surface area (Å²) in [6.45, 7) is 8.08. The predicted molar refractivity (Wildman–Crippen MR) is 106 cm³/mol. The lowest BCUT2D eigenvalue weighted by atomic mass is 10.2. The van der Waals surface area contributed by atoms with Crippen LogP contribution in [0, 0.1) is 6.92 Å². The van der Waals surface area contributed by atoms with Gasteiger partial charge in [0.05, 0.1) is 13.2 Å². The van der Waals surface area contributed by atoms with Crippen molar-refractivity contribution in [3.8, 4) is 0 Å². The zero-order valence-electron chi connectivity index (χ0n) is 16.7. The molecule has 0 bridgehead atoms. The number of rotatable bonds is 9. The van der Waals surface area contributed by atoms with E-state index in [1.807, 2.05) is 24.4 Å². The van der Waals surface area contributed by atoms with E-state index in [9.17, 15) is 9.59 Å². The van der Waals surface area contributed by atoms with Gasteiger partial charge in [-0.3, -0.25) is 18.3 Å². The number of imidazole rings is 2. The van der Waals surface area contributed by atoms with Crippen LogP contribution in [0.1, 0.15) is 45.2 Å². The number of nitrogens with zero attached hydrogens (tertiary/aromatic N) is 5. The van der Waals surface area contributed by atoms with E-state index in [1.54, 1.807) is 7.05 Å². The minimum atomic E-state index is -0.362. The first-order valence-electron chi connectivity index (χ1n) is 9.76. The fourth-order valence-electron chi connectivity index (χ4n) is 3.53. The van der Waals surface area contributed by atoms with Gasteiger partial charge in [-0.05, 0) is 20.3 Å². The van der Waals surface area contributed by atoms with Gasteiger partial charge >= 0.3 is 5.69 Å². The molecule has 0 saturated carbocycles. The molecule has 148 valence electrons. The Morgan fingerprint density at radius 3 is 2.56 bits per heavy atom. The summed E-state index contributed by atoms with van der Waals surface area (Å²) in [6, 6.07) is 0. The number of hydrogen-bond acceptors (Lipinski definition) is 4. The van der Waals surface area contributed by atoms with Crippen molar-refractivity contribution in [1.82, 2.24) is 23.1 Å². The minimum Gasteiger partial charge on any atom is -0.380 e. The van der Waals surface area contributed by atoms with E-state index < -0.39 is 0 Å². The summed E-state index contributed by atoms with van der Waals surface area (Å²) in [5.41, 5.74) is 1.25. The Hall–Kier alpha value is -2.35. The SMILES string of the molecule is CCCCCCn1c(C)cn2c3c(=O)n(CCOCC)c(=O)n(C)c3nc12. The largest absolute Gasteiger partial charge is 0.380 e. The van der Waals surface area contributed by atoms with Crippen molar-refractivity contribution in [2.24, 2.45) is 7.05 Å². The summed E-state index contributed by atoms with van der Waals surface area (Å²) < 4.78 is 12.0. The standard InChI is InChI=1S/C19H29N5O3/c1-5-7-8-9-10-22-14(3)13-24-15-16(20-18(22)24)21(4)19(26)23(17(15)25)11-12-27-6-2/h13H,5-12H2,1-4H3. The highest BCUT2D eigenvalue weighted by atomic mass is 16.5. The maximum atomic E-state index is 13.0. The van der Waals surface area contributed by atoms with Gasteiger partial charge in [-0.2, -0.15) is 4.98 Å². The number of aryl methyl sites for hydroxylation is 3. The molecule has 0 aliphatic carbocycles. The van der Waals surface area contributed by atoms with Crippen molar-refractivity contribution in [1.29, 1.82) is 0 Å². The van der Waals surface area contributed by atoms with E-state index in [-0.39, 0.29) is 17.8 Å².